The first-order chi connectivity index (χ1) is 7.36. The van der Waals surface area contributed by atoms with Gasteiger partial charge in [-0.05, 0) is 31.0 Å². The molecule has 0 aromatic heterocycles. The predicted molar refractivity (Wildman–Crippen MR) is 60.1 cm³/mol. The Morgan fingerprint density at radius 1 is 1.40 bits per heavy atom. The second-order valence-electron chi connectivity index (χ2n) is 3.95. The molecule has 0 bridgehead atoms. The molecule has 2 N–H and O–H groups in total. The number of hydrogen-bond acceptors (Lipinski definition) is 2. The molecule has 1 aromatic carbocycles. The van der Waals surface area contributed by atoms with Crippen molar-refractivity contribution < 1.29 is 5.11 Å². The molecule has 1 heterocycles. The fourth-order valence-corrected chi connectivity index (χ4v) is 1.89. The van der Waals surface area contributed by atoms with Crippen LogP contribution in [0.25, 0.3) is 0 Å². The van der Waals surface area contributed by atoms with E-state index in [9.17, 15) is 5.11 Å². The van der Waals surface area contributed by atoms with Crippen LogP contribution in [0.15, 0.2) is 24.3 Å². The maximum atomic E-state index is 9.56. The Bertz CT molecular complexity index is 308. The van der Waals surface area contributed by atoms with Crippen LogP contribution < -0.4 is 10.6 Å². The van der Waals surface area contributed by atoms with E-state index in [-0.39, 0.29) is 0 Å². The molecule has 2 rings (SSSR count). The molecule has 3 heteroatoms. The zero-order valence-electron chi connectivity index (χ0n) is 8.82. The molecule has 1 fully saturated rings. The van der Waals surface area contributed by atoms with Crippen molar-refractivity contribution in [3.05, 3.63) is 29.8 Å². The maximum absolute atomic E-state index is 9.56. The number of para-hydroxylation sites is 1. The van der Waals surface area contributed by atoms with E-state index >= 15 is 0 Å². The number of phenols is 1. The summed E-state index contributed by atoms with van der Waals surface area (Å²) in [5.74, 6) is 0.399. The van der Waals surface area contributed by atoms with E-state index in [1.807, 2.05) is 18.2 Å². The summed E-state index contributed by atoms with van der Waals surface area (Å²) in [4.78, 5) is 0. The van der Waals surface area contributed by atoms with Gasteiger partial charge >= 0.3 is 0 Å². The molecule has 0 amide bonds. The Morgan fingerprint density at radius 2 is 2.27 bits per heavy atom. The van der Waals surface area contributed by atoms with Gasteiger partial charge in [-0.25, -0.2) is 5.32 Å². The summed E-state index contributed by atoms with van der Waals surface area (Å²) >= 11 is 0. The van der Waals surface area contributed by atoms with E-state index < -0.39 is 0 Å². The van der Waals surface area contributed by atoms with Crippen LogP contribution in [0.4, 0.5) is 0 Å². The van der Waals surface area contributed by atoms with Crippen molar-refractivity contribution in [3.8, 4) is 5.75 Å². The zero-order chi connectivity index (χ0) is 10.5. The lowest BCUT2D eigenvalue weighted by Gasteiger charge is -2.11. The Kier molecular flexibility index (Phi) is 3.59. The van der Waals surface area contributed by atoms with Crippen LogP contribution in [0.5, 0.6) is 5.75 Å². The first-order valence-electron chi connectivity index (χ1n) is 5.50. The van der Waals surface area contributed by atoms with Crippen molar-refractivity contribution in [2.24, 2.45) is 0 Å². The van der Waals surface area contributed by atoms with Crippen LogP contribution in [0.3, 0.4) is 0 Å². The quantitative estimate of drug-likeness (QED) is 0.767. The fourth-order valence-electron chi connectivity index (χ4n) is 1.89. The molecular weight excluding hydrogens is 188 g/mol. The Morgan fingerprint density at radius 3 is 3.00 bits per heavy atom. The summed E-state index contributed by atoms with van der Waals surface area (Å²) in [5.41, 5.74) is 1.01. The second kappa shape index (κ2) is 5.14. The van der Waals surface area contributed by atoms with Crippen LogP contribution in [0, 0.1) is 0 Å². The zero-order valence-corrected chi connectivity index (χ0v) is 8.82. The largest absolute Gasteiger partial charge is 0.508 e. The number of hydrogen-bond donors (Lipinski definition) is 2. The topological polar surface area (TPSA) is 46.4 Å². The normalized spacial score (nSPS) is 20.7. The maximum Gasteiger partial charge on any atom is 0.118 e. The van der Waals surface area contributed by atoms with Crippen LogP contribution in [-0.2, 0) is 6.42 Å². The molecular formula is C12H17N2O. The number of aromatic hydroxyl groups is 1. The van der Waals surface area contributed by atoms with Gasteiger partial charge in [0.25, 0.3) is 0 Å². The lowest BCUT2D eigenvalue weighted by atomic mass is 10.1. The van der Waals surface area contributed by atoms with Crippen LogP contribution in [0.2, 0.25) is 0 Å². The highest BCUT2D eigenvalue weighted by Gasteiger charge is 2.13. The summed E-state index contributed by atoms with van der Waals surface area (Å²) in [5, 5.41) is 17.3. The van der Waals surface area contributed by atoms with Crippen molar-refractivity contribution in [2.75, 3.05) is 19.6 Å². The number of nitrogens with one attached hydrogen (secondary N) is 1. The third kappa shape index (κ3) is 2.94. The highest BCUT2D eigenvalue weighted by atomic mass is 16.3. The molecule has 1 radical (unpaired) electrons. The van der Waals surface area contributed by atoms with Gasteiger partial charge in [0.15, 0.2) is 0 Å². The Labute approximate surface area is 90.5 Å². The van der Waals surface area contributed by atoms with E-state index in [4.69, 9.17) is 0 Å². The highest BCUT2D eigenvalue weighted by Crippen LogP contribution is 2.15. The monoisotopic (exact) mass is 205 g/mol. The van der Waals surface area contributed by atoms with Crippen LogP contribution >= 0.6 is 0 Å². The van der Waals surface area contributed by atoms with Crippen LogP contribution in [-0.4, -0.2) is 30.8 Å². The number of nitrogens with zero attached hydrogens (tertiary/aromatic N) is 1. The fraction of sp³-hybridized carbons (Fsp3) is 0.500. The number of rotatable bonds is 4. The molecule has 1 atom stereocenters. The summed E-state index contributed by atoms with van der Waals surface area (Å²) in [6, 6.07) is 8.06. The molecule has 1 aromatic rings. The third-order valence-electron chi connectivity index (χ3n) is 2.80. The lowest BCUT2D eigenvalue weighted by molar-refractivity contribution is 0.464. The van der Waals surface area contributed by atoms with Gasteiger partial charge in [0.1, 0.15) is 5.75 Å². The lowest BCUT2D eigenvalue weighted by Crippen LogP contribution is -2.31. The minimum absolute atomic E-state index is 0.399. The molecule has 15 heavy (non-hydrogen) atoms. The van der Waals surface area contributed by atoms with Gasteiger partial charge in [-0.15, -0.1) is 0 Å². The van der Waals surface area contributed by atoms with Crippen molar-refractivity contribution in [2.45, 2.75) is 18.9 Å². The minimum atomic E-state index is 0.399. The number of phenolic OH excluding ortho intramolecular Hbond substituents is 1. The molecule has 1 unspecified atom stereocenters. The molecule has 0 spiro atoms. The van der Waals surface area contributed by atoms with Gasteiger partial charge in [0, 0.05) is 19.1 Å². The Balaban J connectivity index is 1.75. The van der Waals surface area contributed by atoms with Crippen molar-refractivity contribution in [3.63, 3.8) is 0 Å². The number of benzene rings is 1. The van der Waals surface area contributed by atoms with Gasteiger partial charge in [-0.2, -0.15) is 0 Å². The SMILES string of the molecule is Oc1ccccc1CCNC1CC[N]C1. The average molecular weight is 205 g/mol. The van der Waals surface area contributed by atoms with Crippen molar-refractivity contribution in [1.29, 1.82) is 0 Å². The summed E-state index contributed by atoms with van der Waals surface area (Å²) in [7, 11) is 0. The first-order valence-corrected chi connectivity index (χ1v) is 5.50. The van der Waals surface area contributed by atoms with E-state index in [1.54, 1.807) is 6.07 Å². The first kappa shape index (κ1) is 10.5. The van der Waals surface area contributed by atoms with E-state index in [0.717, 1.165) is 38.0 Å². The highest BCUT2D eigenvalue weighted by molar-refractivity contribution is 5.31. The molecule has 1 aliphatic rings. The van der Waals surface area contributed by atoms with Gasteiger partial charge in [-0.3, -0.25) is 0 Å². The van der Waals surface area contributed by atoms with E-state index in [1.165, 1.54) is 0 Å². The van der Waals surface area contributed by atoms with E-state index in [2.05, 4.69) is 10.6 Å². The third-order valence-corrected chi connectivity index (χ3v) is 2.80. The average Bonchev–Trinajstić information content (AvgIpc) is 2.74. The van der Waals surface area contributed by atoms with Crippen molar-refractivity contribution >= 4 is 0 Å². The van der Waals surface area contributed by atoms with Gasteiger partial charge in [0.05, 0.1) is 0 Å². The molecule has 0 saturated carbocycles. The second-order valence-corrected chi connectivity index (χ2v) is 3.95. The minimum Gasteiger partial charge on any atom is -0.508 e. The molecule has 81 valence electrons. The Hall–Kier alpha value is -1.06. The molecule has 1 aliphatic heterocycles. The summed E-state index contributed by atoms with van der Waals surface area (Å²) < 4.78 is 0. The summed E-state index contributed by atoms with van der Waals surface area (Å²) in [6.07, 6.45) is 2.03. The predicted octanol–water partition coefficient (Wildman–Crippen LogP) is 0.901. The van der Waals surface area contributed by atoms with E-state index in [0.29, 0.717) is 11.8 Å². The molecule has 0 aliphatic carbocycles. The van der Waals surface area contributed by atoms with Gasteiger partial charge < -0.3 is 10.4 Å². The van der Waals surface area contributed by atoms with Crippen molar-refractivity contribution in [1.82, 2.24) is 10.6 Å². The summed E-state index contributed by atoms with van der Waals surface area (Å²) in [6.45, 7) is 2.85. The van der Waals surface area contributed by atoms with Gasteiger partial charge in [0.2, 0.25) is 0 Å². The molecule has 3 nitrogen and oxygen atoms in total. The van der Waals surface area contributed by atoms with Crippen LogP contribution in [0.1, 0.15) is 12.0 Å². The van der Waals surface area contributed by atoms with Gasteiger partial charge in [-0.1, -0.05) is 18.2 Å². The smallest absolute Gasteiger partial charge is 0.118 e. The molecule has 1 saturated heterocycles. The standard InChI is InChI=1S/C12H17N2O/c15-12-4-2-1-3-10(12)5-8-14-11-6-7-13-9-11/h1-4,11,14-15H,5-9H2.